The lowest BCUT2D eigenvalue weighted by Gasteiger charge is -2.40. The summed E-state index contributed by atoms with van der Waals surface area (Å²) in [5.41, 5.74) is -0.365. The van der Waals surface area contributed by atoms with E-state index in [4.69, 9.17) is 4.74 Å². The number of amides is 1. The number of hydrogen-bond donors (Lipinski definition) is 1. The molecule has 110 valence electrons. The molecule has 20 heavy (non-hydrogen) atoms. The molecule has 5 nitrogen and oxygen atoms in total. The molecule has 1 aliphatic heterocycles. The average Bonchev–Trinajstić information content (AvgIpc) is 2.46. The van der Waals surface area contributed by atoms with Crippen molar-refractivity contribution in [1.82, 2.24) is 15.2 Å². The van der Waals surface area contributed by atoms with E-state index < -0.39 is 11.7 Å². The SMILES string of the molecule is CC(C)(CNC(=O)c1ncccc1F)N1CCOCC1. The fourth-order valence-corrected chi connectivity index (χ4v) is 2.21. The van der Waals surface area contributed by atoms with Gasteiger partial charge >= 0.3 is 0 Å². The van der Waals surface area contributed by atoms with Crippen LogP contribution in [0.15, 0.2) is 18.3 Å². The number of rotatable bonds is 4. The van der Waals surface area contributed by atoms with Gasteiger partial charge in [-0.15, -0.1) is 0 Å². The van der Waals surface area contributed by atoms with Gasteiger partial charge in [0.05, 0.1) is 13.2 Å². The summed E-state index contributed by atoms with van der Waals surface area (Å²) in [5, 5.41) is 2.75. The van der Waals surface area contributed by atoms with E-state index >= 15 is 0 Å². The second-order valence-electron chi connectivity index (χ2n) is 5.43. The third-order valence-electron chi connectivity index (χ3n) is 3.52. The number of hydrogen-bond acceptors (Lipinski definition) is 4. The smallest absolute Gasteiger partial charge is 0.272 e. The number of carbonyl (C=O) groups is 1. The van der Waals surface area contributed by atoms with Gasteiger partial charge in [-0.3, -0.25) is 9.69 Å². The standard InChI is InChI=1S/C14H20FN3O2/c1-14(2,18-6-8-20-9-7-18)10-17-13(19)12-11(15)4-3-5-16-12/h3-5H,6-10H2,1-2H3,(H,17,19). The highest BCUT2D eigenvalue weighted by atomic mass is 19.1. The lowest BCUT2D eigenvalue weighted by atomic mass is 10.0. The van der Waals surface area contributed by atoms with Gasteiger partial charge in [-0.1, -0.05) is 0 Å². The lowest BCUT2D eigenvalue weighted by Crippen LogP contribution is -2.55. The predicted octanol–water partition coefficient (Wildman–Crippen LogP) is 1.06. The van der Waals surface area contributed by atoms with Crippen LogP contribution in [0.5, 0.6) is 0 Å². The maximum atomic E-state index is 13.5. The number of nitrogens with zero attached hydrogens (tertiary/aromatic N) is 2. The summed E-state index contributed by atoms with van der Waals surface area (Å²) < 4.78 is 18.8. The van der Waals surface area contributed by atoms with Gasteiger partial charge in [-0.25, -0.2) is 9.37 Å². The monoisotopic (exact) mass is 281 g/mol. The van der Waals surface area contributed by atoms with Crippen molar-refractivity contribution in [2.24, 2.45) is 0 Å². The zero-order valence-corrected chi connectivity index (χ0v) is 11.9. The van der Waals surface area contributed by atoms with E-state index in [2.05, 4.69) is 15.2 Å². The van der Waals surface area contributed by atoms with Crippen molar-refractivity contribution in [3.05, 3.63) is 29.8 Å². The Morgan fingerprint density at radius 2 is 2.20 bits per heavy atom. The summed E-state index contributed by atoms with van der Waals surface area (Å²) in [6.45, 7) is 7.60. The second kappa shape index (κ2) is 6.28. The molecule has 1 N–H and O–H groups in total. The third-order valence-corrected chi connectivity index (χ3v) is 3.52. The second-order valence-corrected chi connectivity index (χ2v) is 5.43. The van der Waals surface area contributed by atoms with Crippen LogP contribution < -0.4 is 5.32 Å². The highest BCUT2D eigenvalue weighted by Gasteiger charge is 2.29. The molecule has 0 atom stereocenters. The minimum Gasteiger partial charge on any atom is -0.379 e. The largest absolute Gasteiger partial charge is 0.379 e. The van der Waals surface area contributed by atoms with E-state index in [0.717, 1.165) is 13.1 Å². The van der Waals surface area contributed by atoms with Gasteiger partial charge in [0.2, 0.25) is 0 Å². The molecular weight excluding hydrogens is 261 g/mol. The minimum absolute atomic E-state index is 0.162. The van der Waals surface area contributed by atoms with Gasteiger partial charge < -0.3 is 10.1 Å². The molecule has 0 bridgehead atoms. The van der Waals surface area contributed by atoms with E-state index in [1.54, 1.807) is 0 Å². The van der Waals surface area contributed by atoms with Crippen molar-refractivity contribution >= 4 is 5.91 Å². The minimum atomic E-state index is -0.603. The zero-order chi connectivity index (χ0) is 14.6. The molecule has 0 spiro atoms. The van der Waals surface area contributed by atoms with Crippen LogP contribution in [0, 0.1) is 5.82 Å². The van der Waals surface area contributed by atoms with E-state index in [-0.39, 0.29) is 11.2 Å². The topological polar surface area (TPSA) is 54.5 Å². The average molecular weight is 281 g/mol. The Balaban J connectivity index is 1.94. The molecule has 1 fully saturated rings. The molecule has 1 amide bonds. The Bertz CT molecular complexity index is 473. The van der Waals surface area contributed by atoms with Crippen LogP contribution in [0.25, 0.3) is 0 Å². The summed E-state index contributed by atoms with van der Waals surface area (Å²) in [6, 6.07) is 2.69. The maximum Gasteiger partial charge on any atom is 0.272 e. The highest BCUT2D eigenvalue weighted by molar-refractivity contribution is 5.92. The summed E-state index contributed by atoms with van der Waals surface area (Å²) in [6.07, 6.45) is 1.41. The molecule has 0 unspecified atom stereocenters. The molecule has 1 aromatic rings. The van der Waals surface area contributed by atoms with Crippen LogP contribution in [0.1, 0.15) is 24.3 Å². The Morgan fingerprint density at radius 1 is 1.50 bits per heavy atom. The molecule has 1 saturated heterocycles. The maximum absolute atomic E-state index is 13.5. The van der Waals surface area contributed by atoms with Crippen LogP contribution in [0.3, 0.4) is 0 Å². The van der Waals surface area contributed by atoms with Crippen molar-refractivity contribution in [3.8, 4) is 0 Å². The first kappa shape index (κ1) is 14.9. The number of morpholine rings is 1. The molecule has 1 aromatic heterocycles. The Hall–Kier alpha value is -1.53. The van der Waals surface area contributed by atoms with Crippen LogP contribution in [0.4, 0.5) is 4.39 Å². The molecule has 1 aliphatic rings. The number of aromatic nitrogens is 1. The molecule has 0 aliphatic carbocycles. The van der Waals surface area contributed by atoms with Crippen molar-refractivity contribution < 1.29 is 13.9 Å². The van der Waals surface area contributed by atoms with Crippen LogP contribution in [-0.2, 0) is 4.74 Å². The molecule has 2 rings (SSSR count). The number of ether oxygens (including phenoxy) is 1. The van der Waals surface area contributed by atoms with Crippen molar-refractivity contribution in [1.29, 1.82) is 0 Å². The summed E-state index contributed by atoms with van der Waals surface area (Å²) in [4.78, 5) is 18.0. The van der Waals surface area contributed by atoms with Crippen LogP contribution in [0.2, 0.25) is 0 Å². The van der Waals surface area contributed by atoms with Gasteiger partial charge in [-0.05, 0) is 26.0 Å². The zero-order valence-electron chi connectivity index (χ0n) is 11.9. The molecule has 6 heteroatoms. The van der Waals surface area contributed by atoms with Crippen molar-refractivity contribution in [3.63, 3.8) is 0 Å². The third kappa shape index (κ3) is 3.52. The first-order valence-electron chi connectivity index (χ1n) is 6.72. The van der Waals surface area contributed by atoms with Gasteiger partial charge in [0, 0.05) is 31.4 Å². The van der Waals surface area contributed by atoms with E-state index in [1.807, 2.05) is 13.8 Å². The van der Waals surface area contributed by atoms with E-state index in [1.165, 1.54) is 18.3 Å². The lowest BCUT2D eigenvalue weighted by molar-refractivity contribution is -0.00925. The highest BCUT2D eigenvalue weighted by Crippen LogP contribution is 2.15. The predicted molar refractivity (Wildman–Crippen MR) is 73.0 cm³/mol. The number of nitrogens with one attached hydrogen (secondary N) is 1. The van der Waals surface area contributed by atoms with Crippen LogP contribution >= 0.6 is 0 Å². The first-order chi connectivity index (χ1) is 9.50. The van der Waals surface area contributed by atoms with E-state index in [9.17, 15) is 9.18 Å². The Kier molecular flexibility index (Phi) is 4.67. The van der Waals surface area contributed by atoms with Crippen molar-refractivity contribution in [2.75, 3.05) is 32.8 Å². The quantitative estimate of drug-likeness (QED) is 0.896. The van der Waals surface area contributed by atoms with Crippen LogP contribution in [-0.4, -0.2) is 54.2 Å². The molecule has 2 heterocycles. The first-order valence-corrected chi connectivity index (χ1v) is 6.72. The normalized spacial score (nSPS) is 16.9. The molecule has 0 saturated carbocycles. The Labute approximate surface area is 118 Å². The molecule has 0 radical (unpaired) electrons. The van der Waals surface area contributed by atoms with Gasteiger partial charge in [-0.2, -0.15) is 0 Å². The summed E-state index contributed by atoms with van der Waals surface area (Å²) in [5.74, 6) is -1.08. The summed E-state index contributed by atoms with van der Waals surface area (Å²) in [7, 11) is 0. The number of carbonyl (C=O) groups excluding carboxylic acids is 1. The van der Waals surface area contributed by atoms with Gasteiger partial charge in [0.25, 0.3) is 5.91 Å². The molecular formula is C14H20FN3O2. The number of halogens is 1. The van der Waals surface area contributed by atoms with Gasteiger partial charge in [0.15, 0.2) is 11.5 Å². The summed E-state index contributed by atoms with van der Waals surface area (Å²) >= 11 is 0. The number of pyridine rings is 1. The fourth-order valence-electron chi connectivity index (χ4n) is 2.21. The Morgan fingerprint density at radius 3 is 2.85 bits per heavy atom. The van der Waals surface area contributed by atoms with E-state index in [0.29, 0.717) is 19.8 Å². The fraction of sp³-hybridized carbons (Fsp3) is 0.571. The van der Waals surface area contributed by atoms with Gasteiger partial charge in [0.1, 0.15) is 0 Å². The van der Waals surface area contributed by atoms with Crippen molar-refractivity contribution in [2.45, 2.75) is 19.4 Å². The molecule has 0 aromatic carbocycles.